The minimum absolute atomic E-state index is 0.0609. The van der Waals surface area contributed by atoms with Gasteiger partial charge in [0.2, 0.25) is 0 Å². The molecule has 2 heterocycles. The molecule has 1 aliphatic heterocycles. The molecule has 2 rings (SSSR count). The van der Waals surface area contributed by atoms with E-state index in [-0.39, 0.29) is 11.7 Å². The Labute approximate surface area is 126 Å². The van der Waals surface area contributed by atoms with E-state index in [2.05, 4.69) is 35.7 Å². The lowest BCUT2D eigenvalue weighted by Gasteiger charge is -2.43. The first-order valence-electron chi connectivity index (χ1n) is 7.62. The molecule has 0 spiro atoms. The van der Waals surface area contributed by atoms with Gasteiger partial charge < -0.3 is 5.11 Å². The van der Waals surface area contributed by atoms with Gasteiger partial charge in [-0.3, -0.25) is 14.8 Å². The molecule has 0 saturated carbocycles. The summed E-state index contributed by atoms with van der Waals surface area (Å²) < 4.78 is 12.9. The summed E-state index contributed by atoms with van der Waals surface area (Å²) in [6.45, 7) is 9.31. The standard InChI is InChI=1S/C16H26FN3O/c1-11(16(21)15-6-5-14(17)7-18-15)8-20-9-12(2)19(4)13(3)10-20/h5-7,11-13,16,21H,8-10H2,1-4H3. The zero-order chi connectivity index (χ0) is 15.6. The van der Waals surface area contributed by atoms with Gasteiger partial charge in [0.25, 0.3) is 0 Å². The van der Waals surface area contributed by atoms with Gasteiger partial charge in [-0.2, -0.15) is 0 Å². The highest BCUT2D eigenvalue weighted by Crippen LogP contribution is 2.23. The molecule has 5 heteroatoms. The van der Waals surface area contributed by atoms with Crippen molar-refractivity contribution in [2.45, 2.75) is 39.0 Å². The SMILES string of the molecule is CC(CN1CC(C)N(C)C(C)C1)C(O)c1ccc(F)cn1. The molecule has 0 aromatic carbocycles. The third-order valence-electron chi connectivity index (χ3n) is 4.57. The van der Waals surface area contributed by atoms with Gasteiger partial charge in [0.1, 0.15) is 5.82 Å². The van der Waals surface area contributed by atoms with Gasteiger partial charge in [-0.05, 0) is 33.0 Å². The van der Waals surface area contributed by atoms with Crippen molar-refractivity contribution in [3.63, 3.8) is 0 Å². The molecule has 118 valence electrons. The Bertz CT molecular complexity index is 441. The highest BCUT2D eigenvalue weighted by atomic mass is 19.1. The van der Waals surface area contributed by atoms with Crippen LogP contribution in [0.2, 0.25) is 0 Å². The minimum atomic E-state index is -0.657. The second kappa shape index (κ2) is 6.81. The van der Waals surface area contributed by atoms with E-state index >= 15 is 0 Å². The van der Waals surface area contributed by atoms with E-state index in [0.29, 0.717) is 17.8 Å². The third-order valence-corrected chi connectivity index (χ3v) is 4.57. The van der Waals surface area contributed by atoms with E-state index in [0.717, 1.165) is 25.8 Å². The first-order chi connectivity index (χ1) is 9.88. The zero-order valence-electron chi connectivity index (χ0n) is 13.3. The van der Waals surface area contributed by atoms with Gasteiger partial charge in [-0.15, -0.1) is 0 Å². The van der Waals surface area contributed by atoms with E-state index in [1.165, 1.54) is 6.07 Å². The fraction of sp³-hybridized carbons (Fsp3) is 0.688. The molecule has 1 fully saturated rings. The Morgan fingerprint density at radius 3 is 2.48 bits per heavy atom. The summed E-state index contributed by atoms with van der Waals surface area (Å²) in [7, 11) is 2.16. The highest BCUT2D eigenvalue weighted by molar-refractivity contribution is 5.09. The number of aromatic nitrogens is 1. The second-order valence-corrected chi connectivity index (χ2v) is 6.41. The third kappa shape index (κ3) is 3.99. The van der Waals surface area contributed by atoms with Crippen molar-refractivity contribution in [2.24, 2.45) is 5.92 Å². The van der Waals surface area contributed by atoms with Crippen LogP contribution in [0.1, 0.15) is 32.6 Å². The van der Waals surface area contributed by atoms with Crippen LogP contribution in [0.3, 0.4) is 0 Å². The average molecular weight is 295 g/mol. The lowest BCUT2D eigenvalue weighted by molar-refractivity contribution is 0.0271. The Hall–Kier alpha value is -1.04. The summed E-state index contributed by atoms with van der Waals surface area (Å²) in [6, 6.07) is 3.94. The van der Waals surface area contributed by atoms with Gasteiger partial charge in [0, 0.05) is 37.6 Å². The van der Waals surface area contributed by atoms with E-state index in [1.807, 2.05) is 6.92 Å². The number of rotatable bonds is 4. The summed E-state index contributed by atoms with van der Waals surface area (Å²) >= 11 is 0. The fourth-order valence-corrected chi connectivity index (χ4v) is 3.02. The van der Waals surface area contributed by atoms with E-state index < -0.39 is 6.10 Å². The molecule has 21 heavy (non-hydrogen) atoms. The van der Waals surface area contributed by atoms with Crippen molar-refractivity contribution >= 4 is 0 Å². The zero-order valence-corrected chi connectivity index (χ0v) is 13.3. The summed E-state index contributed by atoms with van der Waals surface area (Å²) in [5, 5.41) is 10.4. The number of pyridine rings is 1. The lowest BCUT2D eigenvalue weighted by Crippen LogP contribution is -2.55. The van der Waals surface area contributed by atoms with E-state index in [4.69, 9.17) is 0 Å². The molecular formula is C16H26FN3O. The summed E-state index contributed by atoms with van der Waals surface area (Å²) in [5.41, 5.74) is 0.541. The number of hydrogen-bond acceptors (Lipinski definition) is 4. The number of aliphatic hydroxyl groups is 1. The molecule has 0 amide bonds. The molecule has 0 radical (unpaired) electrons. The lowest BCUT2D eigenvalue weighted by atomic mass is 9.99. The van der Waals surface area contributed by atoms with Crippen molar-refractivity contribution in [1.82, 2.24) is 14.8 Å². The first-order valence-corrected chi connectivity index (χ1v) is 7.62. The smallest absolute Gasteiger partial charge is 0.141 e. The maximum absolute atomic E-state index is 12.9. The topological polar surface area (TPSA) is 39.6 Å². The van der Waals surface area contributed by atoms with Crippen LogP contribution in [-0.2, 0) is 0 Å². The van der Waals surface area contributed by atoms with Crippen LogP contribution in [0.5, 0.6) is 0 Å². The molecule has 0 aliphatic carbocycles. The normalized spacial score (nSPS) is 27.5. The molecule has 4 nitrogen and oxygen atoms in total. The van der Waals surface area contributed by atoms with Gasteiger partial charge in [-0.25, -0.2) is 4.39 Å². The minimum Gasteiger partial charge on any atom is -0.386 e. The van der Waals surface area contributed by atoms with Gasteiger partial charge in [-0.1, -0.05) is 6.92 Å². The molecule has 1 aromatic rings. The fourth-order valence-electron chi connectivity index (χ4n) is 3.02. The van der Waals surface area contributed by atoms with E-state index in [1.54, 1.807) is 6.07 Å². The van der Waals surface area contributed by atoms with Crippen molar-refractivity contribution in [3.05, 3.63) is 29.8 Å². The summed E-state index contributed by atoms with van der Waals surface area (Å²) in [4.78, 5) is 8.77. The Kier molecular flexibility index (Phi) is 5.30. The first kappa shape index (κ1) is 16.3. The van der Waals surface area contributed by atoms with Crippen molar-refractivity contribution in [2.75, 3.05) is 26.7 Å². The van der Waals surface area contributed by atoms with Gasteiger partial charge in [0.15, 0.2) is 0 Å². The maximum Gasteiger partial charge on any atom is 0.141 e. The number of hydrogen-bond donors (Lipinski definition) is 1. The average Bonchev–Trinajstić information content (AvgIpc) is 2.44. The molecule has 1 aromatic heterocycles. The van der Waals surface area contributed by atoms with Crippen molar-refractivity contribution in [1.29, 1.82) is 0 Å². The van der Waals surface area contributed by atoms with Gasteiger partial charge in [0.05, 0.1) is 18.0 Å². The largest absolute Gasteiger partial charge is 0.386 e. The Balaban J connectivity index is 1.94. The Morgan fingerprint density at radius 2 is 1.95 bits per heavy atom. The Morgan fingerprint density at radius 1 is 1.33 bits per heavy atom. The summed E-state index contributed by atoms with van der Waals surface area (Å²) in [5.74, 6) is -0.314. The predicted molar refractivity (Wildman–Crippen MR) is 81.4 cm³/mol. The number of nitrogens with zero attached hydrogens (tertiary/aromatic N) is 3. The highest BCUT2D eigenvalue weighted by Gasteiger charge is 2.29. The molecule has 1 saturated heterocycles. The number of halogens is 1. The quantitative estimate of drug-likeness (QED) is 0.921. The molecule has 0 bridgehead atoms. The molecule has 4 atom stereocenters. The van der Waals surface area contributed by atoms with Crippen LogP contribution in [0, 0.1) is 11.7 Å². The molecular weight excluding hydrogens is 269 g/mol. The van der Waals surface area contributed by atoms with Crippen LogP contribution in [0.4, 0.5) is 4.39 Å². The molecule has 4 unspecified atom stereocenters. The van der Waals surface area contributed by atoms with Crippen LogP contribution < -0.4 is 0 Å². The molecule has 1 aliphatic rings. The summed E-state index contributed by atoms with van der Waals surface area (Å²) in [6.07, 6.45) is 0.501. The van der Waals surface area contributed by atoms with Gasteiger partial charge >= 0.3 is 0 Å². The van der Waals surface area contributed by atoms with Crippen LogP contribution >= 0.6 is 0 Å². The number of aliphatic hydroxyl groups excluding tert-OH is 1. The van der Waals surface area contributed by atoms with Crippen LogP contribution in [0.15, 0.2) is 18.3 Å². The molecule has 1 N–H and O–H groups in total. The van der Waals surface area contributed by atoms with Crippen molar-refractivity contribution in [3.8, 4) is 0 Å². The predicted octanol–water partition coefficient (Wildman–Crippen LogP) is 1.91. The number of piperazine rings is 1. The van der Waals surface area contributed by atoms with Crippen LogP contribution in [0.25, 0.3) is 0 Å². The van der Waals surface area contributed by atoms with Crippen LogP contribution in [-0.4, -0.2) is 58.7 Å². The van der Waals surface area contributed by atoms with Crippen molar-refractivity contribution < 1.29 is 9.50 Å². The number of likely N-dealkylation sites (N-methyl/N-ethyl adjacent to an activating group) is 1. The second-order valence-electron chi connectivity index (χ2n) is 6.41. The maximum atomic E-state index is 12.9. The van der Waals surface area contributed by atoms with E-state index in [9.17, 15) is 9.50 Å². The monoisotopic (exact) mass is 295 g/mol.